The average Bonchev–Trinajstić information content (AvgIpc) is 3.24. The van der Waals surface area contributed by atoms with Gasteiger partial charge in [-0.15, -0.1) is 0 Å². The first-order valence-electron chi connectivity index (χ1n) is 9.80. The smallest absolute Gasteiger partial charge is 0.214 e. The van der Waals surface area contributed by atoms with Crippen molar-refractivity contribution in [3.63, 3.8) is 0 Å². The van der Waals surface area contributed by atoms with Crippen molar-refractivity contribution in [3.05, 3.63) is 83.4 Å². The fourth-order valence-electron chi connectivity index (χ4n) is 4.09. The van der Waals surface area contributed by atoms with Crippen LogP contribution in [0.25, 0.3) is 0 Å². The molecule has 0 unspecified atom stereocenters. The zero-order valence-corrected chi connectivity index (χ0v) is 16.8. The first-order chi connectivity index (χ1) is 14.7. The number of hydrazone groups is 1. The second-order valence-corrected chi connectivity index (χ2v) is 7.31. The molecule has 0 radical (unpaired) electrons. The Bertz CT molecular complexity index is 1130. The Morgan fingerprint density at radius 3 is 2.60 bits per heavy atom. The molecule has 0 amide bonds. The van der Waals surface area contributed by atoms with Crippen LogP contribution >= 0.6 is 0 Å². The molecule has 6 heteroatoms. The van der Waals surface area contributed by atoms with E-state index >= 15 is 0 Å². The van der Waals surface area contributed by atoms with Gasteiger partial charge in [-0.3, -0.25) is 0 Å². The molecule has 0 aliphatic carbocycles. The molecule has 5 rings (SSSR count). The number of benzene rings is 3. The fourth-order valence-corrected chi connectivity index (χ4v) is 4.09. The summed E-state index contributed by atoms with van der Waals surface area (Å²) in [5.74, 6) is 2.47. The first kappa shape index (κ1) is 18.4. The van der Waals surface area contributed by atoms with E-state index in [-0.39, 0.29) is 11.8 Å². The highest BCUT2D eigenvalue weighted by Gasteiger charge is 2.41. The second-order valence-electron chi connectivity index (χ2n) is 7.31. The molecule has 0 saturated carbocycles. The maximum Gasteiger partial charge on any atom is 0.214 e. The maximum absolute atomic E-state index is 10.5. The minimum Gasteiger partial charge on any atom is -0.507 e. The molecule has 0 fully saturated rings. The van der Waals surface area contributed by atoms with E-state index in [1.807, 2.05) is 53.5 Å². The molecule has 1 N–H and O–H groups in total. The van der Waals surface area contributed by atoms with Gasteiger partial charge in [-0.1, -0.05) is 30.3 Å². The Labute approximate surface area is 174 Å². The molecule has 0 bridgehead atoms. The zero-order valence-electron chi connectivity index (χ0n) is 16.8. The van der Waals surface area contributed by atoms with Crippen molar-refractivity contribution in [2.75, 3.05) is 14.2 Å². The van der Waals surface area contributed by atoms with Crippen LogP contribution < -0.4 is 14.2 Å². The van der Waals surface area contributed by atoms with Crippen molar-refractivity contribution in [3.8, 4) is 23.0 Å². The highest BCUT2D eigenvalue weighted by molar-refractivity contribution is 6.04. The van der Waals surface area contributed by atoms with Crippen molar-refractivity contribution in [1.82, 2.24) is 5.01 Å². The minimum absolute atomic E-state index is 0.00625. The third-order valence-corrected chi connectivity index (χ3v) is 5.59. The Balaban J connectivity index is 1.60. The summed E-state index contributed by atoms with van der Waals surface area (Å²) >= 11 is 0. The summed E-state index contributed by atoms with van der Waals surface area (Å²) in [5.41, 5.74) is 3.50. The van der Waals surface area contributed by atoms with Crippen LogP contribution in [0, 0.1) is 0 Å². The Morgan fingerprint density at radius 2 is 1.77 bits per heavy atom. The zero-order chi connectivity index (χ0) is 20.7. The lowest BCUT2D eigenvalue weighted by atomic mass is 9.95. The molecular weight excluding hydrogens is 380 g/mol. The molecule has 3 aromatic carbocycles. The molecule has 0 aromatic heterocycles. The molecule has 6 nitrogen and oxygen atoms in total. The highest BCUT2D eigenvalue weighted by atomic mass is 16.5. The van der Waals surface area contributed by atoms with E-state index < -0.39 is 6.23 Å². The molecule has 0 saturated heterocycles. The van der Waals surface area contributed by atoms with Crippen molar-refractivity contribution in [2.24, 2.45) is 5.10 Å². The van der Waals surface area contributed by atoms with Gasteiger partial charge in [0.15, 0.2) is 0 Å². The fraction of sp³-hybridized carbons (Fsp3) is 0.208. The number of hydrogen-bond acceptors (Lipinski definition) is 6. The van der Waals surface area contributed by atoms with Gasteiger partial charge in [0.05, 0.1) is 26.0 Å². The maximum atomic E-state index is 10.5. The topological polar surface area (TPSA) is 63.5 Å². The molecule has 2 aliphatic rings. The van der Waals surface area contributed by atoms with Gasteiger partial charge in [0.2, 0.25) is 6.23 Å². The third-order valence-electron chi connectivity index (χ3n) is 5.59. The van der Waals surface area contributed by atoms with Crippen LogP contribution in [0.4, 0.5) is 0 Å². The molecule has 3 aromatic rings. The van der Waals surface area contributed by atoms with Gasteiger partial charge in [0.25, 0.3) is 0 Å². The lowest BCUT2D eigenvalue weighted by molar-refractivity contribution is -0.0191. The van der Waals surface area contributed by atoms with Crippen LogP contribution in [-0.2, 0) is 0 Å². The summed E-state index contributed by atoms with van der Waals surface area (Å²) in [4.78, 5) is 0. The van der Waals surface area contributed by atoms with Crippen molar-refractivity contribution >= 4 is 5.71 Å². The lowest BCUT2D eigenvalue weighted by Crippen LogP contribution is -2.33. The minimum atomic E-state index is -0.398. The predicted molar refractivity (Wildman–Crippen MR) is 113 cm³/mol. The van der Waals surface area contributed by atoms with Gasteiger partial charge in [-0.25, -0.2) is 5.01 Å². The summed E-state index contributed by atoms with van der Waals surface area (Å²) in [6, 6.07) is 21.1. The van der Waals surface area contributed by atoms with Crippen LogP contribution in [0.5, 0.6) is 23.0 Å². The number of nitrogens with zero attached hydrogens (tertiary/aromatic N) is 2. The van der Waals surface area contributed by atoms with E-state index in [2.05, 4.69) is 6.07 Å². The normalized spacial score (nSPS) is 19.4. The highest BCUT2D eigenvalue weighted by Crippen LogP contribution is 2.48. The van der Waals surface area contributed by atoms with Gasteiger partial charge in [-0.2, -0.15) is 5.10 Å². The van der Waals surface area contributed by atoms with Crippen LogP contribution in [-0.4, -0.2) is 30.0 Å². The number of phenolic OH excluding ortho intramolecular Hbond substituents is 1. The molecule has 30 heavy (non-hydrogen) atoms. The summed E-state index contributed by atoms with van der Waals surface area (Å²) < 4.78 is 17.1. The summed E-state index contributed by atoms with van der Waals surface area (Å²) in [6.45, 7) is 0. The Morgan fingerprint density at radius 1 is 0.967 bits per heavy atom. The largest absolute Gasteiger partial charge is 0.507 e. The van der Waals surface area contributed by atoms with Crippen LogP contribution in [0.1, 0.15) is 35.4 Å². The van der Waals surface area contributed by atoms with E-state index in [0.29, 0.717) is 17.7 Å². The van der Waals surface area contributed by atoms with Gasteiger partial charge < -0.3 is 19.3 Å². The van der Waals surface area contributed by atoms with Crippen molar-refractivity contribution < 1.29 is 19.3 Å². The summed E-state index contributed by atoms with van der Waals surface area (Å²) in [5, 5.41) is 17.3. The summed E-state index contributed by atoms with van der Waals surface area (Å²) in [7, 11) is 3.26. The van der Waals surface area contributed by atoms with Gasteiger partial charge >= 0.3 is 0 Å². The lowest BCUT2D eigenvalue weighted by Gasteiger charge is -2.38. The molecule has 152 valence electrons. The quantitative estimate of drug-likeness (QED) is 0.688. The number of ether oxygens (including phenoxy) is 3. The second kappa shape index (κ2) is 7.30. The van der Waals surface area contributed by atoms with Gasteiger partial charge in [-0.05, 0) is 36.4 Å². The van der Waals surface area contributed by atoms with Gasteiger partial charge in [0, 0.05) is 23.1 Å². The third kappa shape index (κ3) is 3.01. The molecule has 2 aliphatic heterocycles. The molecule has 0 spiro atoms. The number of rotatable bonds is 4. The molecular formula is C24H22N2O4. The standard InChI is InChI=1S/C24H22N2O4/c1-28-16-7-5-6-15(12-16)24-26-21(18-8-3-4-9-23(18)30-24)14-20(25-26)19-13-17(29-2)10-11-22(19)27/h3-13,21,24,27H,14H2,1-2H3/t21-,24+/m0/s1. The van der Waals surface area contributed by atoms with E-state index in [0.717, 1.165) is 28.3 Å². The number of hydrogen-bond donors (Lipinski definition) is 1. The summed E-state index contributed by atoms with van der Waals surface area (Å²) in [6.07, 6.45) is 0.256. The average molecular weight is 402 g/mol. The SMILES string of the molecule is COc1cccc([C@H]2Oc3ccccc3[C@@H]3CC(c4cc(OC)ccc4O)=NN23)c1. The van der Waals surface area contributed by atoms with Crippen LogP contribution in [0.3, 0.4) is 0 Å². The van der Waals surface area contributed by atoms with Gasteiger partial charge in [0.1, 0.15) is 23.0 Å². The predicted octanol–water partition coefficient (Wildman–Crippen LogP) is 4.65. The van der Waals surface area contributed by atoms with Crippen LogP contribution in [0.2, 0.25) is 0 Å². The number of phenols is 1. The van der Waals surface area contributed by atoms with E-state index in [9.17, 15) is 5.11 Å². The Hall–Kier alpha value is -3.67. The van der Waals surface area contributed by atoms with Crippen LogP contribution in [0.15, 0.2) is 71.8 Å². The van der Waals surface area contributed by atoms with E-state index in [1.165, 1.54) is 0 Å². The monoisotopic (exact) mass is 402 g/mol. The number of methoxy groups -OCH3 is 2. The molecule has 2 atom stereocenters. The van der Waals surface area contributed by atoms with Crippen molar-refractivity contribution in [1.29, 1.82) is 0 Å². The number of fused-ring (bicyclic) bond motifs is 3. The molecule has 2 heterocycles. The van der Waals surface area contributed by atoms with Crippen molar-refractivity contribution in [2.45, 2.75) is 18.7 Å². The van der Waals surface area contributed by atoms with E-state index in [1.54, 1.807) is 26.4 Å². The first-order valence-corrected chi connectivity index (χ1v) is 9.80. The Kier molecular flexibility index (Phi) is 4.47. The number of aromatic hydroxyl groups is 1. The van der Waals surface area contributed by atoms with E-state index in [4.69, 9.17) is 19.3 Å². The number of para-hydroxylation sites is 1.